The minimum Gasteiger partial charge on any atom is -0.477 e. The van der Waals surface area contributed by atoms with E-state index in [-0.39, 0.29) is 17.0 Å². The monoisotopic (exact) mass is 280 g/mol. The first-order valence-electron chi connectivity index (χ1n) is 5.52. The van der Waals surface area contributed by atoms with Gasteiger partial charge in [-0.15, -0.1) is 0 Å². The number of hydrogen-bond donors (Lipinski definition) is 1. The van der Waals surface area contributed by atoms with E-state index in [0.717, 1.165) is 6.33 Å². The number of carboxylic acid groups (broad SMARTS) is 1. The molecule has 2 aromatic rings. The van der Waals surface area contributed by atoms with Crippen LogP contribution in [0.3, 0.4) is 0 Å². The van der Waals surface area contributed by atoms with Crippen molar-refractivity contribution in [2.75, 3.05) is 0 Å². The largest absolute Gasteiger partial charge is 0.477 e. The maximum atomic E-state index is 12.7. The van der Waals surface area contributed by atoms with E-state index in [1.165, 1.54) is 36.1 Å². The summed E-state index contributed by atoms with van der Waals surface area (Å²) in [4.78, 5) is 18.2. The van der Waals surface area contributed by atoms with E-state index in [0.29, 0.717) is 5.69 Å². The van der Waals surface area contributed by atoms with Crippen molar-refractivity contribution in [3.8, 4) is 0 Å². The summed E-state index contributed by atoms with van der Waals surface area (Å²) in [6, 6.07) is 1.25. The van der Waals surface area contributed by atoms with E-state index >= 15 is 0 Å². The van der Waals surface area contributed by atoms with Crippen LogP contribution in [-0.4, -0.2) is 30.8 Å². The second-order valence-electron chi connectivity index (χ2n) is 3.91. The third kappa shape index (κ3) is 3.02. The van der Waals surface area contributed by atoms with Crippen LogP contribution in [0.4, 0.5) is 8.78 Å². The minimum atomic E-state index is -2.68. The number of aromatic nitrogens is 4. The predicted octanol–water partition coefficient (Wildman–Crippen LogP) is 2.02. The maximum Gasteiger partial charge on any atom is 0.354 e. The molecule has 0 saturated heterocycles. The van der Waals surface area contributed by atoms with Gasteiger partial charge >= 0.3 is 5.97 Å². The molecule has 0 amide bonds. The highest BCUT2D eigenvalue weighted by atomic mass is 19.3. The lowest BCUT2D eigenvalue weighted by Crippen LogP contribution is -2.00. The molecule has 0 radical (unpaired) electrons. The first kappa shape index (κ1) is 13.8. The van der Waals surface area contributed by atoms with Crippen LogP contribution in [-0.2, 0) is 7.05 Å². The molecule has 0 fully saturated rings. The van der Waals surface area contributed by atoms with Gasteiger partial charge in [-0.1, -0.05) is 0 Å². The van der Waals surface area contributed by atoms with Crippen molar-refractivity contribution in [3.63, 3.8) is 0 Å². The molecule has 104 valence electrons. The van der Waals surface area contributed by atoms with Gasteiger partial charge in [0, 0.05) is 18.8 Å². The molecule has 0 aliphatic heterocycles. The summed E-state index contributed by atoms with van der Waals surface area (Å²) in [6.45, 7) is 0. The Bertz CT molecular complexity index is 667. The summed E-state index contributed by atoms with van der Waals surface area (Å²) in [5.74, 6) is -1.18. The van der Waals surface area contributed by atoms with Crippen LogP contribution in [0.5, 0.6) is 0 Å². The van der Waals surface area contributed by atoms with Gasteiger partial charge < -0.3 is 5.11 Å². The molecule has 0 aliphatic carbocycles. The van der Waals surface area contributed by atoms with E-state index in [9.17, 15) is 13.6 Å². The van der Waals surface area contributed by atoms with Crippen molar-refractivity contribution >= 4 is 18.1 Å². The van der Waals surface area contributed by atoms with Crippen molar-refractivity contribution in [2.24, 2.45) is 7.05 Å². The topological polar surface area (TPSA) is 80.9 Å². The molecule has 0 spiro atoms. The van der Waals surface area contributed by atoms with Crippen LogP contribution in [0, 0.1) is 0 Å². The Kier molecular flexibility index (Phi) is 3.83. The molecule has 0 saturated carbocycles. The number of alkyl halides is 2. The average Bonchev–Trinajstić information content (AvgIpc) is 2.78. The third-order valence-electron chi connectivity index (χ3n) is 2.43. The van der Waals surface area contributed by atoms with Crippen molar-refractivity contribution < 1.29 is 18.7 Å². The van der Waals surface area contributed by atoms with Gasteiger partial charge in [-0.2, -0.15) is 5.10 Å². The van der Waals surface area contributed by atoms with Crippen LogP contribution >= 0.6 is 0 Å². The van der Waals surface area contributed by atoms with E-state index in [4.69, 9.17) is 5.11 Å². The van der Waals surface area contributed by atoms with Crippen LogP contribution < -0.4 is 0 Å². The summed E-state index contributed by atoms with van der Waals surface area (Å²) in [7, 11) is 1.54. The molecule has 1 N–H and O–H groups in total. The van der Waals surface area contributed by atoms with Crippen LogP contribution in [0.2, 0.25) is 0 Å². The number of rotatable bonds is 4. The number of nitrogens with zero attached hydrogens (tertiary/aromatic N) is 4. The number of halogens is 2. The lowest BCUT2D eigenvalue weighted by molar-refractivity contribution is 0.0690. The van der Waals surface area contributed by atoms with Crippen LogP contribution in [0.15, 0.2) is 18.6 Å². The van der Waals surface area contributed by atoms with E-state index in [2.05, 4.69) is 15.1 Å². The highest BCUT2D eigenvalue weighted by molar-refractivity contribution is 5.86. The molecule has 0 bridgehead atoms. The second kappa shape index (κ2) is 5.55. The fourth-order valence-electron chi connectivity index (χ4n) is 1.58. The number of carbonyl (C=O) groups is 1. The molecule has 20 heavy (non-hydrogen) atoms. The number of aromatic carboxylic acids is 1. The number of aryl methyl sites for hydroxylation is 1. The van der Waals surface area contributed by atoms with Gasteiger partial charge in [-0.05, 0) is 18.2 Å². The van der Waals surface area contributed by atoms with Gasteiger partial charge in [0.15, 0.2) is 5.69 Å². The second-order valence-corrected chi connectivity index (χ2v) is 3.91. The van der Waals surface area contributed by atoms with Gasteiger partial charge in [-0.3, -0.25) is 4.68 Å². The Morgan fingerprint density at radius 3 is 2.80 bits per heavy atom. The van der Waals surface area contributed by atoms with Gasteiger partial charge in [0.2, 0.25) is 0 Å². The van der Waals surface area contributed by atoms with Crippen molar-refractivity contribution in [1.29, 1.82) is 0 Å². The Labute approximate surface area is 112 Å². The zero-order valence-corrected chi connectivity index (χ0v) is 10.4. The lowest BCUT2D eigenvalue weighted by Gasteiger charge is -1.96. The van der Waals surface area contributed by atoms with Crippen molar-refractivity contribution in [3.05, 3.63) is 41.2 Å². The van der Waals surface area contributed by atoms with Gasteiger partial charge in [0.05, 0.1) is 5.69 Å². The smallest absolute Gasteiger partial charge is 0.354 e. The van der Waals surface area contributed by atoms with Gasteiger partial charge in [0.25, 0.3) is 6.43 Å². The molecule has 0 aromatic carbocycles. The molecule has 0 atom stereocenters. The van der Waals surface area contributed by atoms with E-state index in [1.807, 2.05) is 0 Å². The molecule has 2 heterocycles. The fraction of sp³-hybridized carbons (Fsp3) is 0.167. The lowest BCUT2D eigenvalue weighted by atomic mass is 10.2. The number of carboxylic acids is 1. The summed E-state index contributed by atoms with van der Waals surface area (Å²) in [5, 5.41) is 12.4. The SMILES string of the molecule is Cn1cc(/C=C/c2cc(C(=O)O)ncn2)c(C(F)F)n1. The first-order chi connectivity index (χ1) is 9.47. The highest BCUT2D eigenvalue weighted by Gasteiger charge is 2.15. The third-order valence-corrected chi connectivity index (χ3v) is 2.43. The van der Waals surface area contributed by atoms with Crippen molar-refractivity contribution in [1.82, 2.24) is 19.7 Å². The average molecular weight is 280 g/mol. The Balaban J connectivity index is 2.30. The summed E-state index contributed by atoms with van der Waals surface area (Å²) >= 11 is 0. The van der Waals surface area contributed by atoms with Crippen LogP contribution in [0.25, 0.3) is 12.2 Å². The Morgan fingerprint density at radius 1 is 1.40 bits per heavy atom. The maximum absolute atomic E-state index is 12.7. The minimum absolute atomic E-state index is 0.167. The van der Waals surface area contributed by atoms with Crippen LogP contribution in [0.1, 0.15) is 33.9 Å². The molecule has 6 nitrogen and oxygen atoms in total. The first-order valence-corrected chi connectivity index (χ1v) is 5.52. The summed E-state index contributed by atoms with van der Waals surface area (Å²) < 4.78 is 26.7. The summed E-state index contributed by atoms with van der Waals surface area (Å²) in [5.41, 5.74) is 0.0515. The van der Waals surface area contributed by atoms with Crippen molar-refractivity contribution in [2.45, 2.75) is 6.43 Å². The molecule has 8 heteroatoms. The number of hydrogen-bond acceptors (Lipinski definition) is 4. The van der Waals surface area contributed by atoms with E-state index < -0.39 is 12.4 Å². The zero-order chi connectivity index (χ0) is 14.7. The highest BCUT2D eigenvalue weighted by Crippen LogP contribution is 2.22. The molecular formula is C12H10F2N4O2. The zero-order valence-electron chi connectivity index (χ0n) is 10.4. The molecule has 0 aliphatic rings. The Hall–Kier alpha value is -2.64. The Morgan fingerprint density at radius 2 is 2.15 bits per heavy atom. The van der Waals surface area contributed by atoms with Gasteiger partial charge in [0.1, 0.15) is 12.0 Å². The predicted molar refractivity (Wildman–Crippen MR) is 66.1 cm³/mol. The normalized spacial score (nSPS) is 11.4. The summed E-state index contributed by atoms with van der Waals surface area (Å²) in [6.07, 6.45) is 2.69. The molecule has 2 rings (SSSR count). The molecular weight excluding hydrogens is 270 g/mol. The van der Waals surface area contributed by atoms with Gasteiger partial charge in [-0.25, -0.2) is 23.5 Å². The molecule has 2 aromatic heterocycles. The van der Waals surface area contributed by atoms with E-state index in [1.54, 1.807) is 0 Å². The quantitative estimate of drug-likeness (QED) is 0.926. The standard InChI is InChI=1S/C12H10F2N4O2/c1-18-5-7(10(17-18)11(13)14)2-3-8-4-9(12(19)20)16-6-15-8/h2-6,11H,1H3,(H,19,20)/b3-2+. The molecule has 0 unspecified atom stereocenters. The fourth-order valence-corrected chi connectivity index (χ4v) is 1.58.